The molecule has 0 bridgehead atoms. The lowest BCUT2D eigenvalue weighted by Gasteiger charge is -2.24. The van der Waals surface area contributed by atoms with E-state index in [1.807, 2.05) is 0 Å². The van der Waals surface area contributed by atoms with Crippen LogP contribution >= 0.6 is 21.4 Å². The minimum atomic E-state index is -0.978. The van der Waals surface area contributed by atoms with Crippen molar-refractivity contribution < 1.29 is 14.6 Å². The number of nitrogens with zero attached hydrogens (tertiary/aromatic N) is 3. The summed E-state index contributed by atoms with van der Waals surface area (Å²) in [6, 6.07) is 0. The van der Waals surface area contributed by atoms with E-state index in [0.717, 1.165) is 30.7 Å². The van der Waals surface area contributed by atoms with Crippen LogP contribution in [0.1, 0.15) is 33.8 Å². The molecule has 0 aromatic carbocycles. The van der Waals surface area contributed by atoms with Gasteiger partial charge < -0.3 is 9.84 Å². The van der Waals surface area contributed by atoms with Gasteiger partial charge in [-0.05, 0) is 44.5 Å². The van der Waals surface area contributed by atoms with Crippen molar-refractivity contribution in [2.45, 2.75) is 32.4 Å². The highest BCUT2D eigenvalue weighted by atomic mass is 32.3. The second-order valence-electron chi connectivity index (χ2n) is 7.16. The van der Waals surface area contributed by atoms with Gasteiger partial charge in [-0.25, -0.2) is 24.5 Å². The van der Waals surface area contributed by atoms with Crippen LogP contribution in [-0.4, -0.2) is 57.0 Å². The predicted molar refractivity (Wildman–Crippen MR) is 103 cm³/mol. The smallest absolute Gasteiger partial charge is 0.339 e. The molecule has 3 rings (SSSR count). The zero-order valence-corrected chi connectivity index (χ0v) is 16.6. The van der Waals surface area contributed by atoms with E-state index in [-0.39, 0.29) is 12.3 Å². The van der Waals surface area contributed by atoms with Crippen LogP contribution < -0.4 is 0 Å². The summed E-state index contributed by atoms with van der Waals surface area (Å²) in [6.07, 6.45) is 12.6. The number of rotatable bonds is 7. The molecule has 1 aliphatic carbocycles. The summed E-state index contributed by atoms with van der Waals surface area (Å²) in [4.78, 5) is 17.5. The summed E-state index contributed by atoms with van der Waals surface area (Å²) in [7, 11) is -0.597. The topological polar surface area (TPSA) is 77.2 Å². The van der Waals surface area contributed by atoms with Gasteiger partial charge in [0.05, 0.1) is 12.3 Å². The van der Waals surface area contributed by atoms with Gasteiger partial charge in [0.25, 0.3) is 0 Å². The Morgan fingerprint density at radius 1 is 1.36 bits per heavy atom. The number of carboxylic acid groups (broad SMARTS) is 1. The monoisotopic (exact) mass is 383 g/mol. The van der Waals surface area contributed by atoms with E-state index in [1.165, 1.54) is 11.3 Å². The lowest BCUT2D eigenvalue weighted by Crippen LogP contribution is -2.10. The maximum atomic E-state index is 11.6. The van der Waals surface area contributed by atoms with Crippen molar-refractivity contribution >= 4 is 27.3 Å². The van der Waals surface area contributed by atoms with Crippen molar-refractivity contribution in [1.29, 1.82) is 0 Å². The molecule has 1 aliphatic rings. The SMILES string of the molecule is CS(C)(C)CCOCn1cc(C(=O)O)c(-c2nc3c(s2)CCCC3)n1. The molecule has 2 aromatic heterocycles. The number of aryl methyl sites for hydroxylation is 2. The van der Waals surface area contributed by atoms with Gasteiger partial charge in [-0.3, -0.25) is 0 Å². The predicted octanol–water partition coefficient (Wildman–Crippen LogP) is 3.25. The Morgan fingerprint density at radius 3 is 2.80 bits per heavy atom. The molecule has 0 saturated carbocycles. The quantitative estimate of drug-likeness (QED) is 0.743. The van der Waals surface area contributed by atoms with Gasteiger partial charge in [0.15, 0.2) is 0 Å². The largest absolute Gasteiger partial charge is 0.478 e. The van der Waals surface area contributed by atoms with E-state index in [1.54, 1.807) is 22.2 Å². The number of fused-ring (bicyclic) bond motifs is 1. The van der Waals surface area contributed by atoms with Gasteiger partial charge in [-0.2, -0.15) is 5.10 Å². The van der Waals surface area contributed by atoms with Crippen molar-refractivity contribution in [3.8, 4) is 10.7 Å². The Labute approximate surface area is 153 Å². The summed E-state index contributed by atoms with van der Waals surface area (Å²) >= 11 is 1.58. The van der Waals surface area contributed by atoms with E-state index in [4.69, 9.17) is 4.74 Å². The number of aromatic carboxylic acids is 1. The summed E-state index contributed by atoms with van der Waals surface area (Å²) in [6.45, 7) is 0.920. The van der Waals surface area contributed by atoms with Crippen LogP contribution in [-0.2, 0) is 24.3 Å². The summed E-state index contributed by atoms with van der Waals surface area (Å²) < 4.78 is 7.24. The van der Waals surface area contributed by atoms with Gasteiger partial charge in [-0.1, -0.05) is 0 Å². The Balaban J connectivity index is 1.76. The Kier molecular flexibility index (Phi) is 5.50. The van der Waals surface area contributed by atoms with Crippen molar-refractivity contribution in [2.75, 3.05) is 31.1 Å². The van der Waals surface area contributed by atoms with Crippen LogP contribution in [0.5, 0.6) is 0 Å². The summed E-state index contributed by atoms with van der Waals surface area (Å²) in [5, 5.41) is 14.7. The minimum Gasteiger partial charge on any atom is -0.478 e. The lowest BCUT2D eigenvalue weighted by atomic mass is 10.0. The number of hydrogen-bond donors (Lipinski definition) is 1. The molecule has 0 unspecified atom stereocenters. The zero-order chi connectivity index (χ0) is 18.0. The first-order chi connectivity index (χ1) is 11.8. The standard InChI is InChI=1S/C17H25N3O3S2/c1-25(2,3)9-8-23-11-20-10-12(17(21)22)15(19-20)16-18-13-6-4-5-7-14(13)24-16/h10H,4-9,11H2,1-3H3,(H,21,22). The van der Waals surface area contributed by atoms with Crippen LogP contribution in [0.2, 0.25) is 0 Å². The first-order valence-corrected chi connectivity index (χ1v) is 12.2. The van der Waals surface area contributed by atoms with Gasteiger partial charge in [0.1, 0.15) is 23.0 Å². The molecule has 1 N–H and O–H groups in total. The average Bonchev–Trinajstić information content (AvgIpc) is 3.14. The highest BCUT2D eigenvalue weighted by molar-refractivity contribution is 8.32. The van der Waals surface area contributed by atoms with E-state index in [9.17, 15) is 9.90 Å². The number of carbonyl (C=O) groups is 1. The molecule has 0 fully saturated rings. The third-order valence-corrected chi connectivity index (χ3v) is 6.66. The van der Waals surface area contributed by atoms with Gasteiger partial charge in [0.2, 0.25) is 0 Å². The Hall–Kier alpha value is -1.38. The van der Waals surface area contributed by atoms with E-state index < -0.39 is 16.0 Å². The van der Waals surface area contributed by atoms with E-state index >= 15 is 0 Å². The molecule has 0 spiro atoms. The fraction of sp³-hybridized carbons (Fsp3) is 0.588. The van der Waals surface area contributed by atoms with Crippen molar-refractivity contribution in [1.82, 2.24) is 14.8 Å². The number of carboxylic acids is 1. The molecule has 6 nitrogen and oxygen atoms in total. The number of ether oxygens (including phenoxy) is 1. The van der Waals surface area contributed by atoms with E-state index in [0.29, 0.717) is 17.3 Å². The van der Waals surface area contributed by atoms with Crippen LogP contribution in [0.3, 0.4) is 0 Å². The molecule has 0 saturated heterocycles. The molecule has 0 radical (unpaired) electrons. The third-order valence-electron chi connectivity index (χ3n) is 4.10. The first-order valence-electron chi connectivity index (χ1n) is 8.37. The van der Waals surface area contributed by atoms with Gasteiger partial charge in [0, 0.05) is 16.8 Å². The van der Waals surface area contributed by atoms with Gasteiger partial charge in [-0.15, -0.1) is 11.3 Å². The van der Waals surface area contributed by atoms with Crippen molar-refractivity contribution in [2.24, 2.45) is 0 Å². The highest BCUT2D eigenvalue weighted by Gasteiger charge is 2.23. The van der Waals surface area contributed by atoms with E-state index in [2.05, 4.69) is 28.8 Å². The maximum Gasteiger partial charge on any atom is 0.339 e. The molecule has 25 heavy (non-hydrogen) atoms. The summed E-state index contributed by atoms with van der Waals surface area (Å²) in [5.74, 6) is 0.0418. The van der Waals surface area contributed by atoms with Crippen molar-refractivity contribution in [3.63, 3.8) is 0 Å². The van der Waals surface area contributed by atoms with Crippen LogP contribution in [0, 0.1) is 0 Å². The maximum absolute atomic E-state index is 11.6. The fourth-order valence-electron chi connectivity index (χ4n) is 2.72. The molecular weight excluding hydrogens is 358 g/mol. The van der Waals surface area contributed by atoms with Crippen LogP contribution in [0.15, 0.2) is 6.20 Å². The Morgan fingerprint density at radius 2 is 2.12 bits per heavy atom. The van der Waals surface area contributed by atoms with Crippen LogP contribution in [0.4, 0.5) is 0 Å². The molecule has 0 atom stereocenters. The minimum absolute atomic E-state index is 0.191. The zero-order valence-electron chi connectivity index (χ0n) is 14.9. The lowest BCUT2D eigenvalue weighted by molar-refractivity contribution is 0.0694. The molecule has 8 heteroatoms. The van der Waals surface area contributed by atoms with Crippen LogP contribution in [0.25, 0.3) is 10.7 Å². The molecule has 138 valence electrons. The molecule has 0 aliphatic heterocycles. The third kappa shape index (κ3) is 4.62. The first kappa shape index (κ1) is 18.4. The molecule has 2 aromatic rings. The Bertz CT molecular complexity index is 738. The molecule has 0 amide bonds. The highest BCUT2D eigenvalue weighted by Crippen LogP contribution is 2.34. The number of thiazole rings is 1. The fourth-order valence-corrected chi connectivity index (χ4v) is 4.49. The van der Waals surface area contributed by atoms with Crippen molar-refractivity contribution in [3.05, 3.63) is 22.3 Å². The van der Waals surface area contributed by atoms with Gasteiger partial charge >= 0.3 is 5.97 Å². The second-order valence-corrected chi connectivity index (χ2v) is 12.8. The molecule has 2 heterocycles. The normalized spacial score (nSPS) is 15.2. The molecular formula is C17H25N3O3S2. The summed E-state index contributed by atoms with van der Waals surface area (Å²) in [5.41, 5.74) is 1.76. The average molecular weight is 384 g/mol. The number of aromatic nitrogens is 3. The number of hydrogen-bond acceptors (Lipinski definition) is 5. The second kappa shape index (κ2) is 7.47.